The fourth-order valence-electron chi connectivity index (χ4n) is 2.35. The summed E-state index contributed by atoms with van der Waals surface area (Å²) in [5.74, 6) is 1.08. The van der Waals surface area contributed by atoms with Crippen LogP contribution in [0.5, 0.6) is 0 Å². The van der Waals surface area contributed by atoms with Gasteiger partial charge in [-0.2, -0.15) is 0 Å². The van der Waals surface area contributed by atoms with E-state index in [4.69, 9.17) is 10.5 Å². The van der Waals surface area contributed by atoms with Crippen molar-refractivity contribution in [2.45, 2.75) is 6.10 Å². The molecule has 3 rings (SSSR count). The van der Waals surface area contributed by atoms with Gasteiger partial charge in [0.25, 0.3) is 0 Å². The highest BCUT2D eigenvalue weighted by atomic mass is 79.9. The molecule has 0 amide bonds. The molecule has 1 aliphatic rings. The van der Waals surface area contributed by atoms with Gasteiger partial charge in [-0.1, -0.05) is 30.3 Å². The van der Waals surface area contributed by atoms with E-state index in [1.807, 2.05) is 30.3 Å². The number of nitrogens with zero attached hydrogens (tertiary/aromatic N) is 3. The highest BCUT2D eigenvalue weighted by Crippen LogP contribution is 2.32. The van der Waals surface area contributed by atoms with Gasteiger partial charge in [-0.3, -0.25) is 0 Å². The number of ether oxygens (including phenoxy) is 1. The van der Waals surface area contributed by atoms with Crippen molar-refractivity contribution in [2.24, 2.45) is 0 Å². The summed E-state index contributed by atoms with van der Waals surface area (Å²) >= 11 is 3.49. The molecule has 1 aromatic heterocycles. The Hall–Kier alpha value is -1.50. The number of anilines is 1. The Morgan fingerprint density at radius 1 is 1.29 bits per heavy atom. The van der Waals surface area contributed by atoms with Crippen LogP contribution in [-0.2, 0) is 4.74 Å². The average molecular weight is 349 g/mol. The maximum absolute atomic E-state index is 6.03. The number of rotatable bonds is 2. The van der Waals surface area contributed by atoms with Crippen LogP contribution in [0.1, 0.15) is 11.9 Å². The summed E-state index contributed by atoms with van der Waals surface area (Å²) in [5.41, 5.74) is 7.84. The quantitative estimate of drug-likeness (QED) is 0.903. The van der Waals surface area contributed by atoms with Crippen molar-refractivity contribution >= 4 is 21.7 Å². The van der Waals surface area contributed by atoms with Gasteiger partial charge in [0.15, 0.2) is 5.82 Å². The van der Waals surface area contributed by atoms with E-state index >= 15 is 0 Å². The first-order valence-electron chi connectivity index (χ1n) is 6.83. The predicted octanol–water partition coefficient (Wildman–Crippen LogP) is 2.49. The summed E-state index contributed by atoms with van der Waals surface area (Å²) in [6.07, 6.45) is -0.137. The van der Waals surface area contributed by atoms with Crippen LogP contribution in [0.2, 0.25) is 0 Å². The second-order valence-electron chi connectivity index (χ2n) is 5.12. The first kappa shape index (κ1) is 14.4. The number of nitrogen functional groups attached to an aromatic ring is 1. The van der Waals surface area contributed by atoms with Crippen molar-refractivity contribution in [3.63, 3.8) is 0 Å². The molecule has 5 nitrogen and oxygen atoms in total. The number of aromatic nitrogens is 2. The van der Waals surface area contributed by atoms with Crippen molar-refractivity contribution in [3.8, 4) is 11.3 Å². The molecule has 1 aliphatic heterocycles. The third-order valence-electron chi connectivity index (χ3n) is 3.50. The van der Waals surface area contributed by atoms with Crippen molar-refractivity contribution in [1.29, 1.82) is 0 Å². The van der Waals surface area contributed by atoms with Crippen LogP contribution in [-0.4, -0.2) is 41.6 Å². The van der Waals surface area contributed by atoms with Crippen molar-refractivity contribution in [1.82, 2.24) is 14.9 Å². The van der Waals surface area contributed by atoms with E-state index in [2.05, 4.69) is 37.8 Å². The van der Waals surface area contributed by atoms with E-state index in [9.17, 15) is 0 Å². The number of likely N-dealkylation sites (N-methyl/N-ethyl adjacent to an activating group) is 1. The Morgan fingerprint density at radius 2 is 2.05 bits per heavy atom. The zero-order chi connectivity index (χ0) is 14.8. The van der Waals surface area contributed by atoms with Crippen LogP contribution in [0.25, 0.3) is 11.3 Å². The Bertz CT molecular complexity index is 635. The maximum atomic E-state index is 6.03. The van der Waals surface area contributed by atoms with Crippen LogP contribution in [0.3, 0.4) is 0 Å². The van der Waals surface area contributed by atoms with Gasteiger partial charge < -0.3 is 15.4 Å². The molecule has 0 bridgehead atoms. The number of halogens is 1. The summed E-state index contributed by atoms with van der Waals surface area (Å²) < 4.78 is 6.51. The highest BCUT2D eigenvalue weighted by molar-refractivity contribution is 9.10. The van der Waals surface area contributed by atoms with E-state index in [0.717, 1.165) is 28.8 Å². The molecule has 2 N–H and O–H groups in total. The minimum absolute atomic E-state index is 0.137. The molecule has 2 heterocycles. The third-order valence-corrected chi connectivity index (χ3v) is 4.28. The fraction of sp³-hybridized carbons (Fsp3) is 0.333. The van der Waals surface area contributed by atoms with E-state index < -0.39 is 0 Å². The number of morpholine rings is 1. The lowest BCUT2D eigenvalue weighted by Gasteiger charge is -2.29. The van der Waals surface area contributed by atoms with Crippen molar-refractivity contribution in [3.05, 3.63) is 40.6 Å². The molecule has 1 unspecified atom stereocenters. The smallest absolute Gasteiger partial charge is 0.161 e. The molecule has 0 aliphatic carbocycles. The summed E-state index contributed by atoms with van der Waals surface area (Å²) in [6.45, 7) is 2.38. The molecule has 1 aromatic carbocycles. The Labute approximate surface area is 132 Å². The van der Waals surface area contributed by atoms with Gasteiger partial charge in [-0.15, -0.1) is 0 Å². The van der Waals surface area contributed by atoms with Gasteiger partial charge in [-0.05, 0) is 23.0 Å². The molecular weight excluding hydrogens is 332 g/mol. The number of hydrogen-bond acceptors (Lipinski definition) is 5. The van der Waals surface area contributed by atoms with E-state index in [1.54, 1.807) is 0 Å². The van der Waals surface area contributed by atoms with Crippen LogP contribution in [0.4, 0.5) is 5.82 Å². The first-order chi connectivity index (χ1) is 10.1. The molecule has 21 heavy (non-hydrogen) atoms. The zero-order valence-corrected chi connectivity index (χ0v) is 13.4. The lowest BCUT2D eigenvalue weighted by molar-refractivity contribution is -0.0253. The predicted molar refractivity (Wildman–Crippen MR) is 85.8 cm³/mol. The maximum Gasteiger partial charge on any atom is 0.161 e. The molecule has 0 spiro atoms. The Kier molecular flexibility index (Phi) is 4.19. The van der Waals surface area contributed by atoms with Gasteiger partial charge in [-0.25, -0.2) is 9.97 Å². The minimum Gasteiger partial charge on any atom is -0.383 e. The summed E-state index contributed by atoms with van der Waals surface area (Å²) in [6, 6.07) is 9.94. The van der Waals surface area contributed by atoms with E-state index in [1.165, 1.54) is 0 Å². The van der Waals surface area contributed by atoms with Crippen LogP contribution in [0, 0.1) is 0 Å². The molecule has 0 radical (unpaired) electrons. The van der Waals surface area contributed by atoms with Crippen LogP contribution in [0.15, 0.2) is 34.8 Å². The Balaban J connectivity index is 2.01. The average Bonchev–Trinajstić information content (AvgIpc) is 2.51. The largest absolute Gasteiger partial charge is 0.383 e. The SMILES string of the molecule is CN1CCOC(c2nc(N)c(Br)c(-c3ccccc3)n2)C1. The number of nitrogens with two attached hydrogens (primary N) is 1. The topological polar surface area (TPSA) is 64.3 Å². The molecule has 1 saturated heterocycles. The lowest BCUT2D eigenvalue weighted by Crippen LogP contribution is -2.36. The van der Waals surface area contributed by atoms with Crippen LogP contribution >= 0.6 is 15.9 Å². The van der Waals surface area contributed by atoms with Crippen LogP contribution < -0.4 is 5.73 Å². The van der Waals surface area contributed by atoms with Gasteiger partial charge >= 0.3 is 0 Å². The number of benzene rings is 1. The summed E-state index contributed by atoms with van der Waals surface area (Å²) in [5, 5.41) is 0. The summed E-state index contributed by atoms with van der Waals surface area (Å²) in [4.78, 5) is 11.3. The molecule has 2 aromatic rings. The molecule has 0 saturated carbocycles. The lowest BCUT2D eigenvalue weighted by atomic mass is 10.1. The van der Waals surface area contributed by atoms with E-state index in [0.29, 0.717) is 18.2 Å². The molecule has 110 valence electrons. The van der Waals surface area contributed by atoms with E-state index in [-0.39, 0.29) is 6.10 Å². The normalized spacial score (nSPS) is 19.6. The molecule has 6 heteroatoms. The molecular formula is C15H17BrN4O. The number of hydrogen-bond donors (Lipinski definition) is 1. The fourth-order valence-corrected chi connectivity index (χ4v) is 2.75. The van der Waals surface area contributed by atoms with Gasteiger partial charge in [0.2, 0.25) is 0 Å². The van der Waals surface area contributed by atoms with Gasteiger partial charge in [0.05, 0.1) is 16.8 Å². The first-order valence-corrected chi connectivity index (χ1v) is 7.63. The van der Waals surface area contributed by atoms with Gasteiger partial charge in [0, 0.05) is 18.7 Å². The third kappa shape index (κ3) is 3.07. The van der Waals surface area contributed by atoms with Crippen molar-refractivity contribution in [2.75, 3.05) is 32.5 Å². The molecule has 1 fully saturated rings. The highest BCUT2D eigenvalue weighted by Gasteiger charge is 2.24. The minimum atomic E-state index is -0.137. The molecule has 1 atom stereocenters. The van der Waals surface area contributed by atoms with Crippen molar-refractivity contribution < 1.29 is 4.74 Å². The second-order valence-corrected chi connectivity index (χ2v) is 5.91. The standard InChI is InChI=1S/C15H17BrN4O/c1-20-7-8-21-11(9-20)15-18-13(12(16)14(17)19-15)10-5-3-2-4-6-10/h2-6,11H,7-9H2,1H3,(H2,17,18,19). The van der Waals surface area contributed by atoms with Gasteiger partial charge in [0.1, 0.15) is 11.9 Å². The zero-order valence-electron chi connectivity index (χ0n) is 11.8. The Morgan fingerprint density at radius 3 is 2.76 bits per heavy atom. The summed E-state index contributed by atoms with van der Waals surface area (Å²) in [7, 11) is 2.07. The second kappa shape index (κ2) is 6.09. The monoisotopic (exact) mass is 348 g/mol.